The van der Waals surface area contributed by atoms with Crippen molar-refractivity contribution in [2.24, 2.45) is 5.41 Å². The smallest absolute Gasteiger partial charge is 0.302 e. The molecular formula is C26H44O4. The zero-order valence-electron chi connectivity index (χ0n) is 19.8. The van der Waals surface area contributed by atoms with Crippen LogP contribution in [0.2, 0.25) is 0 Å². The fraction of sp³-hybridized carbons (Fsp3) is 0.692. The minimum atomic E-state index is -0.226. The van der Waals surface area contributed by atoms with Gasteiger partial charge in [0.15, 0.2) is 0 Å². The molecule has 0 aromatic heterocycles. The van der Waals surface area contributed by atoms with E-state index in [-0.39, 0.29) is 11.9 Å². The van der Waals surface area contributed by atoms with Gasteiger partial charge in [-0.1, -0.05) is 63.1 Å². The van der Waals surface area contributed by atoms with Crippen molar-refractivity contribution in [2.45, 2.75) is 98.3 Å². The normalized spacial score (nSPS) is 12.3. The van der Waals surface area contributed by atoms with E-state index < -0.39 is 0 Å². The van der Waals surface area contributed by atoms with Crippen LogP contribution in [0, 0.1) is 5.41 Å². The minimum absolute atomic E-state index is 0.224. The summed E-state index contributed by atoms with van der Waals surface area (Å²) in [6.07, 6.45) is 25.8. The third-order valence-electron chi connectivity index (χ3n) is 4.97. The van der Waals surface area contributed by atoms with Gasteiger partial charge in [-0.3, -0.25) is 9.59 Å². The van der Waals surface area contributed by atoms with Crippen LogP contribution >= 0.6 is 0 Å². The molecule has 0 spiro atoms. The first-order valence-corrected chi connectivity index (χ1v) is 11.6. The molecule has 0 saturated heterocycles. The zero-order chi connectivity index (χ0) is 22.5. The molecule has 0 heterocycles. The molecule has 0 N–H and O–H groups in total. The number of unbranched alkanes of at least 4 members (excludes halogenated alkanes) is 6. The van der Waals surface area contributed by atoms with E-state index >= 15 is 0 Å². The Bertz CT molecular complexity index is 529. The first-order chi connectivity index (χ1) is 14.3. The quantitative estimate of drug-likeness (QED) is 0.135. The monoisotopic (exact) mass is 420 g/mol. The van der Waals surface area contributed by atoms with Crippen LogP contribution in [0.5, 0.6) is 0 Å². The Morgan fingerprint density at radius 2 is 1.03 bits per heavy atom. The van der Waals surface area contributed by atoms with E-state index in [1.807, 2.05) is 12.2 Å². The topological polar surface area (TPSA) is 52.6 Å². The van der Waals surface area contributed by atoms with Crippen LogP contribution in [0.25, 0.3) is 0 Å². The first-order valence-electron chi connectivity index (χ1n) is 11.6. The summed E-state index contributed by atoms with van der Waals surface area (Å²) >= 11 is 0. The highest BCUT2D eigenvalue weighted by atomic mass is 16.5. The van der Waals surface area contributed by atoms with Crippen molar-refractivity contribution < 1.29 is 19.1 Å². The predicted molar refractivity (Wildman–Crippen MR) is 125 cm³/mol. The van der Waals surface area contributed by atoms with Gasteiger partial charge in [-0.15, -0.1) is 0 Å². The summed E-state index contributed by atoms with van der Waals surface area (Å²) in [5.41, 5.74) is 0.372. The van der Waals surface area contributed by atoms with Crippen molar-refractivity contribution in [3.63, 3.8) is 0 Å². The Hall–Kier alpha value is -1.84. The van der Waals surface area contributed by atoms with Crippen LogP contribution < -0.4 is 0 Å². The summed E-state index contributed by atoms with van der Waals surface area (Å²) in [5, 5.41) is 0. The maximum atomic E-state index is 10.7. The predicted octanol–water partition coefficient (Wildman–Crippen LogP) is 7.10. The highest BCUT2D eigenvalue weighted by Crippen LogP contribution is 2.29. The van der Waals surface area contributed by atoms with Gasteiger partial charge in [0.05, 0.1) is 0 Å². The van der Waals surface area contributed by atoms with E-state index in [2.05, 4.69) is 38.2 Å². The largest absolute Gasteiger partial charge is 0.462 e. The molecule has 0 atom stereocenters. The molecule has 0 amide bonds. The lowest BCUT2D eigenvalue weighted by Gasteiger charge is -2.23. The molecule has 0 bridgehead atoms. The second kappa shape index (κ2) is 19.1. The summed E-state index contributed by atoms with van der Waals surface area (Å²) in [6.45, 7) is 8.35. The molecule has 0 aliphatic heterocycles. The van der Waals surface area contributed by atoms with Gasteiger partial charge in [0.25, 0.3) is 0 Å². The molecule has 0 aromatic rings. The number of carbonyl (C=O) groups is 2. The van der Waals surface area contributed by atoms with Crippen LogP contribution in [0.1, 0.15) is 98.3 Å². The average Bonchev–Trinajstić information content (AvgIpc) is 2.67. The van der Waals surface area contributed by atoms with Crippen LogP contribution in [0.15, 0.2) is 36.5 Å². The van der Waals surface area contributed by atoms with Crippen molar-refractivity contribution in [2.75, 3.05) is 13.2 Å². The molecule has 30 heavy (non-hydrogen) atoms. The fourth-order valence-corrected chi connectivity index (χ4v) is 3.11. The minimum Gasteiger partial charge on any atom is -0.462 e. The van der Waals surface area contributed by atoms with Crippen LogP contribution in [0.4, 0.5) is 0 Å². The highest BCUT2D eigenvalue weighted by molar-refractivity contribution is 5.66. The van der Waals surface area contributed by atoms with Gasteiger partial charge in [-0.25, -0.2) is 0 Å². The van der Waals surface area contributed by atoms with E-state index in [4.69, 9.17) is 9.47 Å². The van der Waals surface area contributed by atoms with Crippen molar-refractivity contribution >= 4 is 11.9 Å². The molecule has 0 aromatic carbocycles. The molecule has 4 nitrogen and oxygen atoms in total. The molecule has 172 valence electrons. The molecule has 0 rings (SSSR count). The summed E-state index contributed by atoms with van der Waals surface area (Å²) in [7, 11) is 0. The van der Waals surface area contributed by atoms with Crippen LogP contribution in [-0.2, 0) is 19.1 Å². The summed E-state index contributed by atoms with van der Waals surface area (Å²) in [5.74, 6) is -0.450. The molecule has 0 radical (unpaired) electrons. The van der Waals surface area contributed by atoms with E-state index in [1.165, 1.54) is 65.2 Å². The Morgan fingerprint density at radius 1 is 0.600 bits per heavy atom. The molecule has 0 fully saturated rings. The Balaban J connectivity index is 3.54. The van der Waals surface area contributed by atoms with Gasteiger partial charge in [0.2, 0.25) is 0 Å². The lowest BCUT2D eigenvalue weighted by Crippen LogP contribution is -2.10. The van der Waals surface area contributed by atoms with E-state index in [0.29, 0.717) is 18.6 Å². The summed E-state index contributed by atoms with van der Waals surface area (Å²) in [4.78, 5) is 21.3. The maximum Gasteiger partial charge on any atom is 0.302 e. The standard InChI is InChI=1S/C26H44O4/c1-24(27)29-22-18-14-11-9-7-5-6-8-10-12-16-20-26(3,4)21-17-13-15-19-23-30-25(2)28/h10,12,14-15,18-19H,5-9,11,13,16-17,20-23H2,1-4H3/b12-10+,18-14+,19-15+. The van der Waals surface area contributed by atoms with Gasteiger partial charge in [-0.2, -0.15) is 0 Å². The van der Waals surface area contributed by atoms with Gasteiger partial charge >= 0.3 is 11.9 Å². The summed E-state index contributed by atoms with van der Waals surface area (Å²) in [6, 6.07) is 0. The SMILES string of the molecule is CC(=O)OC/C=C/CCCCCC/C=C/CCC(C)(C)CCC/C=C/COC(C)=O. The van der Waals surface area contributed by atoms with Crippen molar-refractivity contribution in [1.29, 1.82) is 0 Å². The second-order valence-corrected chi connectivity index (χ2v) is 8.61. The van der Waals surface area contributed by atoms with Crippen LogP contribution in [-0.4, -0.2) is 25.2 Å². The molecule has 0 saturated carbocycles. The van der Waals surface area contributed by atoms with E-state index in [9.17, 15) is 9.59 Å². The lowest BCUT2D eigenvalue weighted by atomic mass is 9.82. The van der Waals surface area contributed by atoms with Crippen molar-refractivity contribution in [3.05, 3.63) is 36.5 Å². The fourth-order valence-electron chi connectivity index (χ4n) is 3.11. The first kappa shape index (κ1) is 28.2. The third kappa shape index (κ3) is 22.4. The molecule has 4 heteroatoms. The number of rotatable bonds is 18. The van der Waals surface area contributed by atoms with E-state index in [1.54, 1.807) is 0 Å². The van der Waals surface area contributed by atoms with Gasteiger partial charge < -0.3 is 9.47 Å². The number of carbonyl (C=O) groups excluding carboxylic acids is 2. The Kier molecular flexibility index (Phi) is 18.0. The van der Waals surface area contributed by atoms with Crippen LogP contribution in [0.3, 0.4) is 0 Å². The van der Waals surface area contributed by atoms with Crippen molar-refractivity contribution in [3.8, 4) is 0 Å². The number of allylic oxidation sites excluding steroid dienone is 4. The lowest BCUT2D eigenvalue weighted by molar-refractivity contribution is -0.140. The number of hydrogen-bond acceptors (Lipinski definition) is 4. The Labute approximate surface area is 184 Å². The highest BCUT2D eigenvalue weighted by Gasteiger charge is 2.15. The average molecular weight is 421 g/mol. The van der Waals surface area contributed by atoms with Crippen molar-refractivity contribution in [1.82, 2.24) is 0 Å². The number of hydrogen-bond donors (Lipinski definition) is 0. The Morgan fingerprint density at radius 3 is 1.53 bits per heavy atom. The second-order valence-electron chi connectivity index (χ2n) is 8.61. The molecular weight excluding hydrogens is 376 g/mol. The number of esters is 2. The van der Waals surface area contributed by atoms with E-state index in [0.717, 1.165) is 19.3 Å². The molecule has 0 aliphatic carbocycles. The molecule has 0 aliphatic rings. The number of ether oxygens (including phenoxy) is 2. The molecule has 0 unspecified atom stereocenters. The van der Waals surface area contributed by atoms with Gasteiger partial charge in [0.1, 0.15) is 13.2 Å². The zero-order valence-corrected chi connectivity index (χ0v) is 19.8. The maximum absolute atomic E-state index is 10.7. The van der Waals surface area contributed by atoms with Gasteiger partial charge in [0, 0.05) is 13.8 Å². The third-order valence-corrected chi connectivity index (χ3v) is 4.97. The van der Waals surface area contributed by atoms with Gasteiger partial charge in [-0.05, 0) is 63.2 Å². The summed E-state index contributed by atoms with van der Waals surface area (Å²) < 4.78 is 9.73.